The third-order valence-corrected chi connectivity index (χ3v) is 10.9. The summed E-state index contributed by atoms with van der Waals surface area (Å²) in [7, 11) is 0. The first-order valence-electron chi connectivity index (χ1n) is 19.0. The van der Waals surface area contributed by atoms with E-state index in [-0.39, 0.29) is 10.8 Å². The van der Waals surface area contributed by atoms with Crippen LogP contribution in [-0.4, -0.2) is 42.4 Å². The molecule has 0 fully saturated rings. The van der Waals surface area contributed by atoms with Gasteiger partial charge in [-0.1, -0.05) is 117 Å². The molecule has 5 aromatic rings. The number of benzene rings is 5. The van der Waals surface area contributed by atoms with Gasteiger partial charge in [-0.2, -0.15) is 14.8 Å². The van der Waals surface area contributed by atoms with E-state index in [0.717, 1.165) is 49.4 Å². The number of fused-ring (bicyclic) bond motifs is 1. The highest BCUT2D eigenvalue weighted by atomic mass is 15.5. The predicted molar refractivity (Wildman–Crippen MR) is 227 cm³/mol. The minimum Gasteiger partial charge on any atom is -0.266 e. The maximum atomic E-state index is 5.08. The molecule has 0 amide bonds. The van der Waals surface area contributed by atoms with Gasteiger partial charge in [0.2, 0.25) is 11.4 Å². The molecule has 270 valence electrons. The number of para-hydroxylation sites is 3. The van der Waals surface area contributed by atoms with E-state index in [4.69, 9.17) is 10.2 Å². The van der Waals surface area contributed by atoms with E-state index < -0.39 is 0 Å². The summed E-state index contributed by atoms with van der Waals surface area (Å²) >= 11 is 0. The van der Waals surface area contributed by atoms with Gasteiger partial charge in [0.25, 0.3) is 0 Å². The van der Waals surface area contributed by atoms with E-state index in [0.29, 0.717) is 0 Å². The zero-order chi connectivity index (χ0) is 37.4. The van der Waals surface area contributed by atoms with Crippen molar-refractivity contribution in [1.82, 2.24) is 0 Å². The molecule has 1 heterocycles. The largest absolute Gasteiger partial charge is 0.266 e. The lowest BCUT2D eigenvalue weighted by molar-refractivity contribution is -0.431. The average molecular weight is 701 g/mol. The molecule has 0 aromatic heterocycles. The Hall–Kier alpha value is -5.55. The van der Waals surface area contributed by atoms with Gasteiger partial charge in [-0.3, -0.25) is 10.0 Å². The van der Waals surface area contributed by atoms with Gasteiger partial charge < -0.3 is 0 Å². The second-order valence-electron chi connectivity index (χ2n) is 14.4. The standard InChI is InChI=1S/C48H54N5/c1-8-51-45-28-20-19-27-44(45)48(7,46(51)36-50-53(10-3)42-24-15-12-16-25-42)34-40-31-29-39(30-32-40)33-47(6,43-26-18-17-21-37(43)4)38(5)35-49-52(9-2)41-22-13-11-14-23-41/h11-32,35-36H,5,8-10,33-34H2,1-4,6-7H3/q+1. The highest BCUT2D eigenvalue weighted by Gasteiger charge is 2.48. The number of hydrogen-bond donors (Lipinski definition) is 0. The normalized spacial score (nSPS) is 16.6. The third-order valence-electron chi connectivity index (χ3n) is 10.9. The van der Waals surface area contributed by atoms with Crippen molar-refractivity contribution in [2.75, 3.05) is 29.7 Å². The molecule has 5 heteroatoms. The van der Waals surface area contributed by atoms with E-state index in [2.05, 4.69) is 173 Å². The minimum atomic E-state index is -0.355. The molecule has 1 aliphatic heterocycles. The van der Waals surface area contributed by atoms with Gasteiger partial charge in [0.15, 0.2) is 0 Å². The van der Waals surface area contributed by atoms with Gasteiger partial charge in [-0.15, -0.1) is 0 Å². The smallest absolute Gasteiger partial charge is 0.212 e. The Balaban J connectivity index is 1.29. The fourth-order valence-electron chi connectivity index (χ4n) is 7.91. The highest BCUT2D eigenvalue weighted by molar-refractivity contribution is 6.33. The average Bonchev–Trinajstić information content (AvgIpc) is 3.43. The Morgan fingerprint density at radius 3 is 1.87 bits per heavy atom. The van der Waals surface area contributed by atoms with Gasteiger partial charge >= 0.3 is 0 Å². The third kappa shape index (κ3) is 7.80. The quantitative estimate of drug-likeness (QED) is 0.0619. The summed E-state index contributed by atoms with van der Waals surface area (Å²) in [4.78, 5) is 0. The maximum absolute atomic E-state index is 5.08. The Morgan fingerprint density at radius 2 is 1.26 bits per heavy atom. The van der Waals surface area contributed by atoms with Crippen molar-refractivity contribution < 1.29 is 4.58 Å². The van der Waals surface area contributed by atoms with Crippen LogP contribution in [0.25, 0.3) is 0 Å². The molecule has 0 radical (unpaired) electrons. The van der Waals surface area contributed by atoms with Crippen LogP contribution in [0.2, 0.25) is 0 Å². The number of hydrogen-bond acceptors (Lipinski definition) is 4. The lowest BCUT2D eigenvalue weighted by atomic mass is 9.70. The van der Waals surface area contributed by atoms with Crippen LogP contribution in [0.5, 0.6) is 0 Å². The highest BCUT2D eigenvalue weighted by Crippen LogP contribution is 2.42. The summed E-state index contributed by atoms with van der Waals surface area (Å²) in [6.45, 7) is 20.4. The first-order chi connectivity index (χ1) is 25.7. The summed E-state index contributed by atoms with van der Waals surface area (Å²) in [5.41, 5.74) is 11.5. The van der Waals surface area contributed by atoms with Crippen LogP contribution in [0.15, 0.2) is 156 Å². The first-order valence-corrected chi connectivity index (χ1v) is 19.0. The van der Waals surface area contributed by atoms with Gasteiger partial charge in [-0.05, 0) is 99.6 Å². The van der Waals surface area contributed by atoms with Crippen LogP contribution < -0.4 is 10.0 Å². The van der Waals surface area contributed by atoms with Crippen LogP contribution in [0.3, 0.4) is 0 Å². The van der Waals surface area contributed by atoms with Gasteiger partial charge in [0.05, 0.1) is 23.0 Å². The summed E-state index contributed by atoms with van der Waals surface area (Å²) in [5, 5.41) is 14.1. The second-order valence-corrected chi connectivity index (χ2v) is 14.4. The van der Waals surface area contributed by atoms with Crippen LogP contribution in [0.1, 0.15) is 62.4 Å². The number of rotatable bonds is 15. The summed E-state index contributed by atoms with van der Waals surface area (Å²) < 4.78 is 2.43. The molecule has 0 saturated carbocycles. The van der Waals surface area contributed by atoms with E-state index >= 15 is 0 Å². The maximum Gasteiger partial charge on any atom is 0.212 e. The monoisotopic (exact) mass is 700 g/mol. The lowest BCUT2D eigenvalue weighted by Gasteiger charge is -2.33. The number of anilines is 2. The Labute approximate surface area is 317 Å². The molecule has 2 unspecified atom stereocenters. The molecule has 0 saturated heterocycles. The topological polar surface area (TPSA) is 34.2 Å². The number of aryl methyl sites for hydroxylation is 1. The van der Waals surface area contributed by atoms with Crippen LogP contribution >= 0.6 is 0 Å². The van der Waals surface area contributed by atoms with Crippen molar-refractivity contribution in [3.05, 3.63) is 173 Å². The number of allylic oxidation sites excluding steroid dienone is 1. The van der Waals surface area contributed by atoms with E-state index in [1.165, 1.54) is 39.2 Å². The minimum absolute atomic E-state index is 0.252. The molecule has 5 nitrogen and oxygen atoms in total. The van der Waals surface area contributed by atoms with Crippen LogP contribution in [0, 0.1) is 6.92 Å². The molecule has 2 atom stereocenters. The van der Waals surface area contributed by atoms with Crippen LogP contribution in [-0.2, 0) is 23.7 Å². The number of hydrazone groups is 2. The van der Waals surface area contributed by atoms with Crippen molar-refractivity contribution in [2.45, 2.75) is 65.2 Å². The number of nitrogens with zero attached hydrogens (tertiary/aromatic N) is 5. The van der Waals surface area contributed by atoms with E-state index in [9.17, 15) is 0 Å². The first kappa shape index (κ1) is 37.2. The fourth-order valence-corrected chi connectivity index (χ4v) is 7.91. The Morgan fingerprint density at radius 1 is 0.717 bits per heavy atom. The summed E-state index contributed by atoms with van der Waals surface area (Å²) in [6.07, 6.45) is 5.74. The van der Waals surface area contributed by atoms with E-state index in [1.807, 2.05) is 35.5 Å². The van der Waals surface area contributed by atoms with Crippen molar-refractivity contribution in [1.29, 1.82) is 0 Å². The zero-order valence-electron chi connectivity index (χ0n) is 32.3. The molecule has 53 heavy (non-hydrogen) atoms. The van der Waals surface area contributed by atoms with Gasteiger partial charge in [0, 0.05) is 30.1 Å². The molecule has 5 aromatic carbocycles. The molecular formula is C48H54N5+. The lowest BCUT2D eigenvalue weighted by Crippen LogP contribution is -2.36. The molecule has 0 aliphatic carbocycles. The van der Waals surface area contributed by atoms with E-state index in [1.54, 1.807) is 0 Å². The van der Waals surface area contributed by atoms with Gasteiger partial charge in [-0.25, -0.2) is 0 Å². The van der Waals surface area contributed by atoms with Gasteiger partial charge in [0.1, 0.15) is 12.8 Å². The molecule has 0 N–H and O–H groups in total. The molecule has 6 rings (SSSR count). The fraction of sp³-hybridized carbons (Fsp3) is 0.271. The Bertz CT molecular complexity index is 2100. The molecule has 0 spiro atoms. The van der Waals surface area contributed by atoms with Crippen molar-refractivity contribution in [3.8, 4) is 0 Å². The summed E-state index contributed by atoms with van der Waals surface area (Å²) in [5.74, 6) is 0. The predicted octanol–water partition coefficient (Wildman–Crippen LogP) is 10.7. The van der Waals surface area contributed by atoms with Crippen molar-refractivity contribution in [2.24, 2.45) is 10.2 Å². The van der Waals surface area contributed by atoms with Crippen LogP contribution in [0.4, 0.5) is 17.1 Å². The summed E-state index contributed by atoms with van der Waals surface area (Å²) in [6, 6.07) is 47.5. The second kappa shape index (κ2) is 16.4. The Kier molecular flexibility index (Phi) is 11.5. The molecule has 1 aliphatic rings. The SMILES string of the molecule is C=C(C=NN(CC)c1ccccc1)C(C)(Cc1ccc(CC2(C)C(C=NN(CC)c3ccccc3)=[N+](CC)c3ccccc32)cc1)c1ccccc1C. The van der Waals surface area contributed by atoms with Crippen molar-refractivity contribution in [3.63, 3.8) is 0 Å². The molecular weight excluding hydrogens is 647 g/mol. The van der Waals surface area contributed by atoms with Crippen molar-refractivity contribution >= 4 is 35.2 Å². The zero-order valence-corrected chi connectivity index (χ0v) is 32.3. The molecule has 0 bridgehead atoms.